The molecule has 4 heteroatoms. The van der Waals surface area contributed by atoms with E-state index in [1.807, 2.05) is 12.1 Å². The van der Waals surface area contributed by atoms with Crippen molar-refractivity contribution in [2.75, 3.05) is 20.2 Å². The molecule has 0 aromatic carbocycles. The summed E-state index contributed by atoms with van der Waals surface area (Å²) in [5.74, 6) is 0.690. The molecular formula is C13H21N3O. The van der Waals surface area contributed by atoms with Gasteiger partial charge in [-0.3, -0.25) is 0 Å². The van der Waals surface area contributed by atoms with Crippen LogP contribution in [0.2, 0.25) is 0 Å². The number of nitrogens with zero attached hydrogens (tertiary/aromatic N) is 2. The molecule has 1 aromatic heterocycles. The first-order chi connectivity index (χ1) is 8.31. The first-order valence-corrected chi connectivity index (χ1v) is 6.28. The molecule has 17 heavy (non-hydrogen) atoms. The second-order valence-corrected chi connectivity index (χ2v) is 4.59. The maximum Gasteiger partial charge on any atom is 0.217 e. The number of aromatic nitrogens is 1. The lowest BCUT2D eigenvalue weighted by molar-refractivity contribution is 0.227. The summed E-state index contributed by atoms with van der Waals surface area (Å²) in [4.78, 5) is 6.63. The van der Waals surface area contributed by atoms with Gasteiger partial charge in [-0.25, -0.2) is 4.98 Å². The maximum atomic E-state index is 5.72. The van der Waals surface area contributed by atoms with Crippen molar-refractivity contribution in [2.24, 2.45) is 5.73 Å². The van der Waals surface area contributed by atoms with Crippen molar-refractivity contribution in [3.05, 3.63) is 23.9 Å². The maximum absolute atomic E-state index is 5.72. The third-order valence-electron chi connectivity index (χ3n) is 3.43. The molecule has 0 radical (unpaired) electrons. The minimum atomic E-state index is 0.479. The quantitative estimate of drug-likeness (QED) is 0.838. The number of likely N-dealkylation sites (tertiary alicyclic amines) is 1. The summed E-state index contributed by atoms with van der Waals surface area (Å²) < 4.78 is 5.72. The first-order valence-electron chi connectivity index (χ1n) is 6.28. The second-order valence-electron chi connectivity index (χ2n) is 4.59. The Hall–Kier alpha value is -1.13. The Kier molecular flexibility index (Phi) is 4.34. The molecule has 2 rings (SSSR count). The van der Waals surface area contributed by atoms with Gasteiger partial charge in [0.15, 0.2) is 0 Å². The van der Waals surface area contributed by atoms with Crippen LogP contribution in [0.25, 0.3) is 0 Å². The van der Waals surface area contributed by atoms with Gasteiger partial charge in [0.2, 0.25) is 5.88 Å². The van der Waals surface area contributed by atoms with E-state index in [0.29, 0.717) is 18.5 Å². The third kappa shape index (κ3) is 3.17. The van der Waals surface area contributed by atoms with Crippen LogP contribution in [0.5, 0.6) is 5.88 Å². The fourth-order valence-corrected chi connectivity index (χ4v) is 2.35. The van der Waals surface area contributed by atoms with E-state index < -0.39 is 0 Å². The number of hydrogen-bond donors (Lipinski definition) is 1. The summed E-state index contributed by atoms with van der Waals surface area (Å²) in [7, 11) is 2.18. The molecule has 2 N–H and O–H groups in total. The Morgan fingerprint density at radius 3 is 3.18 bits per heavy atom. The molecule has 1 atom stereocenters. The predicted octanol–water partition coefficient (Wildman–Crippen LogP) is 1.40. The second kappa shape index (κ2) is 5.98. The fourth-order valence-electron chi connectivity index (χ4n) is 2.35. The Balaban J connectivity index is 1.81. The number of pyridine rings is 1. The lowest BCUT2D eigenvalue weighted by Gasteiger charge is -2.19. The molecule has 0 spiro atoms. The van der Waals surface area contributed by atoms with Crippen LogP contribution in [0.15, 0.2) is 18.3 Å². The highest BCUT2D eigenvalue weighted by Crippen LogP contribution is 2.19. The fraction of sp³-hybridized carbons (Fsp3) is 0.615. The minimum Gasteiger partial charge on any atom is -0.477 e. The summed E-state index contributed by atoms with van der Waals surface area (Å²) in [6.45, 7) is 2.41. The standard InChI is InChI=1S/C13H21N3O/c1-16-8-3-5-12(16)6-9-17-13-11(10-14)4-2-7-15-13/h2,4,7,12H,3,5-6,8-10,14H2,1H3. The monoisotopic (exact) mass is 235 g/mol. The van der Waals surface area contributed by atoms with Crippen molar-refractivity contribution in [1.29, 1.82) is 0 Å². The van der Waals surface area contributed by atoms with Gasteiger partial charge in [0.05, 0.1) is 6.61 Å². The number of hydrogen-bond acceptors (Lipinski definition) is 4. The van der Waals surface area contributed by atoms with Crippen LogP contribution in [-0.2, 0) is 6.54 Å². The smallest absolute Gasteiger partial charge is 0.217 e. The molecule has 94 valence electrons. The number of ether oxygens (including phenoxy) is 1. The van der Waals surface area contributed by atoms with E-state index in [-0.39, 0.29) is 0 Å². The highest BCUT2D eigenvalue weighted by molar-refractivity contribution is 5.24. The van der Waals surface area contributed by atoms with E-state index in [9.17, 15) is 0 Å². The van der Waals surface area contributed by atoms with Gasteiger partial charge >= 0.3 is 0 Å². The Labute approximate surface area is 103 Å². The normalized spacial score (nSPS) is 20.7. The summed E-state index contributed by atoms with van der Waals surface area (Å²) in [5, 5.41) is 0. The average molecular weight is 235 g/mol. The van der Waals surface area contributed by atoms with E-state index in [0.717, 1.165) is 18.6 Å². The molecule has 0 bridgehead atoms. The molecule has 1 aromatic rings. The molecule has 4 nitrogen and oxygen atoms in total. The lowest BCUT2D eigenvalue weighted by Crippen LogP contribution is -2.26. The van der Waals surface area contributed by atoms with E-state index in [1.165, 1.54) is 19.4 Å². The summed E-state index contributed by atoms with van der Waals surface area (Å²) >= 11 is 0. The van der Waals surface area contributed by atoms with Crippen molar-refractivity contribution >= 4 is 0 Å². The van der Waals surface area contributed by atoms with E-state index >= 15 is 0 Å². The zero-order valence-electron chi connectivity index (χ0n) is 10.4. The van der Waals surface area contributed by atoms with E-state index in [1.54, 1.807) is 6.20 Å². The zero-order chi connectivity index (χ0) is 12.1. The number of nitrogens with two attached hydrogens (primary N) is 1. The largest absolute Gasteiger partial charge is 0.477 e. The van der Waals surface area contributed by atoms with Crippen LogP contribution in [0, 0.1) is 0 Å². The van der Waals surface area contributed by atoms with Crippen molar-refractivity contribution < 1.29 is 4.74 Å². The molecular weight excluding hydrogens is 214 g/mol. The van der Waals surface area contributed by atoms with Gasteiger partial charge in [-0.05, 0) is 38.9 Å². The van der Waals surface area contributed by atoms with Gasteiger partial charge < -0.3 is 15.4 Å². The third-order valence-corrected chi connectivity index (χ3v) is 3.43. The topological polar surface area (TPSA) is 51.4 Å². The number of rotatable bonds is 5. The van der Waals surface area contributed by atoms with Crippen LogP contribution < -0.4 is 10.5 Å². The average Bonchev–Trinajstić information content (AvgIpc) is 2.76. The van der Waals surface area contributed by atoms with E-state index in [4.69, 9.17) is 10.5 Å². The molecule has 1 aliphatic heterocycles. The Bertz CT molecular complexity index is 356. The SMILES string of the molecule is CN1CCCC1CCOc1ncccc1CN. The van der Waals surface area contributed by atoms with Crippen LogP contribution >= 0.6 is 0 Å². The highest BCUT2D eigenvalue weighted by Gasteiger charge is 2.20. The van der Waals surface area contributed by atoms with Crippen LogP contribution in [0.3, 0.4) is 0 Å². The molecule has 0 saturated carbocycles. The Morgan fingerprint density at radius 1 is 1.59 bits per heavy atom. The van der Waals surface area contributed by atoms with Gasteiger partial charge in [-0.15, -0.1) is 0 Å². The van der Waals surface area contributed by atoms with Gasteiger partial charge in [-0.2, -0.15) is 0 Å². The summed E-state index contributed by atoms with van der Waals surface area (Å²) in [6, 6.07) is 4.52. The predicted molar refractivity (Wildman–Crippen MR) is 67.9 cm³/mol. The summed E-state index contributed by atoms with van der Waals surface area (Å²) in [5.41, 5.74) is 6.62. The molecule has 1 aliphatic rings. The van der Waals surface area contributed by atoms with Crippen LogP contribution in [-0.4, -0.2) is 36.1 Å². The lowest BCUT2D eigenvalue weighted by atomic mass is 10.1. The van der Waals surface area contributed by atoms with Gasteiger partial charge in [0.25, 0.3) is 0 Å². The van der Waals surface area contributed by atoms with Gasteiger partial charge in [-0.1, -0.05) is 6.07 Å². The van der Waals surface area contributed by atoms with Gasteiger partial charge in [0, 0.05) is 24.3 Å². The summed E-state index contributed by atoms with van der Waals surface area (Å²) in [6.07, 6.45) is 5.40. The van der Waals surface area contributed by atoms with Gasteiger partial charge in [0.1, 0.15) is 0 Å². The molecule has 2 heterocycles. The Morgan fingerprint density at radius 2 is 2.47 bits per heavy atom. The molecule has 0 aliphatic carbocycles. The van der Waals surface area contributed by atoms with Crippen molar-refractivity contribution in [3.63, 3.8) is 0 Å². The van der Waals surface area contributed by atoms with Crippen molar-refractivity contribution in [2.45, 2.75) is 31.8 Å². The van der Waals surface area contributed by atoms with Crippen molar-refractivity contribution in [3.8, 4) is 5.88 Å². The van der Waals surface area contributed by atoms with Crippen LogP contribution in [0.1, 0.15) is 24.8 Å². The molecule has 1 saturated heterocycles. The first kappa shape index (κ1) is 12.3. The van der Waals surface area contributed by atoms with E-state index in [2.05, 4.69) is 16.9 Å². The highest BCUT2D eigenvalue weighted by atomic mass is 16.5. The van der Waals surface area contributed by atoms with Crippen LogP contribution in [0.4, 0.5) is 0 Å². The van der Waals surface area contributed by atoms with Crippen molar-refractivity contribution in [1.82, 2.24) is 9.88 Å². The molecule has 1 unspecified atom stereocenters. The zero-order valence-corrected chi connectivity index (χ0v) is 10.4. The molecule has 1 fully saturated rings. The molecule has 0 amide bonds. The minimum absolute atomic E-state index is 0.479.